The highest BCUT2D eigenvalue weighted by Gasteiger charge is 2.19. The third-order valence-corrected chi connectivity index (χ3v) is 1.38. The van der Waals surface area contributed by atoms with Crippen molar-refractivity contribution in [1.29, 1.82) is 0 Å². The molecule has 1 amide bonds. The van der Waals surface area contributed by atoms with E-state index in [0.29, 0.717) is 0 Å². The van der Waals surface area contributed by atoms with Crippen LogP contribution in [0.2, 0.25) is 0 Å². The summed E-state index contributed by atoms with van der Waals surface area (Å²) in [6.45, 7) is 0. The predicted molar refractivity (Wildman–Crippen MR) is 45.3 cm³/mol. The lowest BCUT2D eigenvalue weighted by atomic mass is 10.1. The van der Waals surface area contributed by atoms with E-state index in [1.54, 1.807) is 5.92 Å². The van der Waals surface area contributed by atoms with Crippen molar-refractivity contribution in [3.8, 4) is 12.3 Å². The molecule has 0 bridgehead atoms. The van der Waals surface area contributed by atoms with E-state index >= 15 is 0 Å². The van der Waals surface area contributed by atoms with Crippen LogP contribution in [0, 0.1) is 12.3 Å². The lowest BCUT2D eigenvalue weighted by Gasteiger charge is -2.10. The Morgan fingerprint density at radius 2 is 1.93 bits per heavy atom. The molecule has 0 aliphatic heterocycles. The minimum absolute atomic E-state index is 0.196. The average molecular weight is 199 g/mol. The number of hydrogen-bond acceptors (Lipinski definition) is 3. The summed E-state index contributed by atoms with van der Waals surface area (Å²) in [5.74, 6) is -1.64. The van der Waals surface area contributed by atoms with E-state index in [9.17, 15) is 14.4 Å². The standard InChI is InChI=1S/C8H9NO5/c1-2-6(10)9-5(8(13)14)3-4-7(11)12/h1,5H,3-4H2,(H,9,10)(H,11,12)(H,13,14)/t5-/m0/s1. The number of carboxylic acid groups (broad SMARTS) is 2. The number of hydrogen-bond donors (Lipinski definition) is 3. The summed E-state index contributed by atoms with van der Waals surface area (Å²) in [4.78, 5) is 31.2. The Kier molecular flexibility index (Phi) is 4.78. The molecular formula is C8H9NO5. The fourth-order valence-corrected chi connectivity index (χ4v) is 0.725. The van der Waals surface area contributed by atoms with Gasteiger partial charge >= 0.3 is 11.9 Å². The highest BCUT2D eigenvalue weighted by Crippen LogP contribution is 1.97. The van der Waals surface area contributed by atoms with Crippen molar-refractivity contribution in [2.75, 3.05) is 0 Å². The first kappa shape index (κ1) is 12.0. The molecular weight excluding hydrogens is 190 g/mol. The zero-order valence-corrected chi connectivity index (χ0v) is 7.19. The van der Waals surface area contributed by atoms with E-state index in [0.717, 1.165) is 0 Å². The molecule has 0 radical (unpaired) electrons. The van der Waals surface area contributed by atoms with Crippen LogP contribution in [-0.2, 0) is 14.4 Å². The van der Waals surface area contributed by atoms with E-state index in [1.165, 1.54) is 0 Å². The first-order valence-electron chi connectivity index (χ1n) is 3.69. The first-order chi connectivity index (χ1) is 6.47. The fraction of sp³-hybridized carbons (Fsp3) is 0.375. The van der Waals surface area contributed by atoms with Gasteiger partial charge in [-0.25, -0.2) is 4.79 Å². The van der Waals surface area contributed by atoms with Crippen LogP contribution in [0.5, 0.6) is 0 Å². The molecule has 0 saturated carbocycles. The van der Waals surface area contributed by atoms with Crippen molar-refractivity contribution in [1.82, 2.24) is 5.32 Å². The first-order valence-corrected chi connectivity index (χ1v) is 3.69. The molecule has 0 aromatic rings. The molecule has 0 aromatic heterocycles. The van der Waals surface area contributed by atoms with Gasteiger partial charge in [0.25, 0.3) is 5.91 Å². The van der Waals surface area contributed by atoms with Crippen LogP contribution in [0.1, 0.15) is 12.8 Å². The zero-order valence-electron chi connectivity index (χ0n) is 7.19. The summed E-state index contributed by atoms with van der Waals surface area (Å²) >= 11 is 0. The van der Waals surface area contributed by atoms with Crippen LogP contribution in [0.15, 0.2) is 0 Å². The molecule has 0 aliphatic rings. The van der Waals surface area contributed by atoms with Crippen molar-refractivity contribution < 1.29 is 24.6 Å². The number of carbonyl (C=O) groups is 3. The minimum atomic E-state index is -1.31. The second-order valence-corrected chi connectivity index (χ2v) is 2.44. The number of carboxylic acids is 2. The van der Waals surface area contributed by atoms with Crippen LogP contribution in [0.3, 0.4) is 0 Å². The van der Waals surface area contributed by atoms with E-state index in [-0.39, 0.29) is 12.8 Å². The summed E-state index contributed by atoms with van der Waals surface area (Å²) < 4.78 is 0. The van der Waals surface area contributed by atoms with Crippen LogP contribution in [-0.4, -0.2) is 34.1 Å². The van der Waals surface area contributed by atoms with Gasteiger partial charge in [0, 0.05) is 6.42 Å². The second-order valence-electron chi connectivity index (χ2n) is 2.44. The van der Waals surface area contributed by atoms with Gasteiger partial charge in [-0.2, -0.15) is 0 Å². The number of amides is 1. The third-order valence-electron chi connectivity index (χ3n) is 1.38. The van der Waals surface area contributed by atoms with Crippen molar-refractivity contribution in [3.63, 3.8) is 0 Å². The van der Waals surface area contributed by atoms with E-state index in [4.69, 9.17) is 16.6 Å². The minimum Gasteiger partial charge on any atom is -0.481 e. The molecule has 0 fully saturated rings. The number of carbonyl (C=O) groups excluding carboxylic acids is 1. The quantitative estimate of drug-likeness (QED) is 0.495. The Morgan fingerprint density at radius 1 is 1.36 bits per heavy atom. The number of aliphatic carboxylic acids is 2. The van der Waals surface area contributed by atoms with Gasteiger partial charge in [-0.15, -0.1) is 6.42 Å². The molecule has 0 aromatic carbocycles. The average Bonchev–Trinajstić information content (AvgIpc) is 2.10. The van der Waals surface area contributed by atoms with Gasteiger partial charge in [-0.3, -0.25) is 9.59 Å². The van der Waals surface area contributed by atoms with Gasteiger partial charge in [0.15, 0.2) is 0 Å². The SMILES string of the molecule is C#CC(=O)N[C@@H](CCC(=O)O)C(=O)O. The summed E-state index contributed by atoms with van der Waals surface area (Å²) in [6, 6.07) is -1.25. The Hall–Kier alpha value is -2.03. The van der Waals surface area contributed by atoms with Crippen molar-refractivity contribution >= 4 is 17.8 Å². The molecule has 1 atom stereocenters. The summed E-state index contributed by atoms with van der Waals surface area (Å²) in [7, 11) is 0. The summed E-state index contributed by atoms with van der Waals surface area (Å²) in [6.07, 6.45) is 4.16. The molecule has 3 N–H and O–H groups in total. The van der Waals surface area contributed by atoms with Crippen molar-refractivity contribution in [3.05, 3.63) is 0 Å². The Bertz CT molecular complexity index is 291. The molecule has 14 heavy (non-hydrogen) atoms. The molecule has 0 heterocycles. The number of terminal acetylenes is 1. The van der Waals surface area contributed by atoms with Gasteiger partial charge in [0.05, 0.1) is 0 Å². The Morgan fingerprint density at radius 3 is 2.29 bits per heavy atom. The Balaban J connectivity index is 4.18. The maximum absolute atomic E-state index is 10.6. The van der Waals surface area contributed by atoms with Crippen molar-refractivity contribution in [2.24, 2.45) is 0 Å². The van der Waals surface area contributed by atoms with E-state index in [2.05, 4.69) is 0 Å². The normalized spacial score (nSPS) is 11.1. The molecule has 0 aliphatic carbocycles. The lowest BCUT2D eigenvalue weighted by molar-refractivity contribution is -0.142. The topological polar surface area (TPSA) is 104 Å². The zero-order chi connectivity index (χ0) is 11.1. The van der Waals surface area contributed by atoms with Crippen LogP contribution >= 0.6 is 0 Å². The van der Waals surface area contributed by atoms with Gasteiger partial charge in [-0.1, -0.05) is 0 Å². The van der Waals surface area contributed by atoms with Gasteiger partial charge in [-0.05, 0) is 12.3 Å². The van der Waals surface area contributed by atoms with E-state index < -0.39 is 23.9 Å². The highest BCUT2D eigenvalue weighted by molar-refractivity contribution is 5.95. The monoisotopic (exact) mass is 199 g/mol. The second kappa shape index (κ2) is 5.59. The van der Waals surface area contributed by atoms with Gasteiger partial charge < -0.3 is 15.5 Å². The maximum Gasteiger partial charge on any atom is 0.326 e. The molecule has 0 unspecified atom stereocenters. The number of rotatable bonds is 5. The smallest absolute Gasteiger partial charge is 0.326 e. The largest absolute Gasteiger partial charge is 0.481 e. The number of nitrogens with one attached hydrogen (secondary N) is 1. The summed E-state index contributed by atoms with van der Waals surface area (Å²) in [5, 5.41) is 18.8. The molecule has 6 nitrogen and oxygen atoms in total. The molecule has 0 saturated heterocycles. The molecule has 0 spiro atoms. The lowest BCUT2D eigenvalue weighted by Crippen LogP contribution is -2.40. The Labute approximate surface area is 79.9 Å². The van der Waals surface area contributed by atoms with Crippen LogP contribution in [0.25, 0.3) is 0 Å². The van der Waals surface area contributed by atoms with Gasteiger partial charge in [0.2, 0.25) is 0 Å². The maximum atomic E-state index is 10.6. The highest BCUT2D eigenvalue weighted by atomic mass is 16.4. The van der Waals surface area contributed by atoms with Crippen LogP contribution < -0.4 is 5.32 Å². The van der Waals surface area contributed by atoms with Gasteiger partial charge in [0.1, 0.15) is 6.04 Å². The fourth-order valence-electron chi connectivity index (χ4n) is 0.725. The third kappa shape index (κ3) is 4.77. The predicted octanol–water partition coefficient (Wildman–Crippen LogP) is -0.946. The molecule has 6 heteroatoms. The van der Waals surface area contributed by atoms with E-state index in [1.807, 2.05) is 5.32 Å². The van der Waals surface area contributed by atoms with Crippen molar-refractivity contribution in [2.45, 2.75) is 18.9 Å². The summed E-state index contributed by atoms with van der Waals surface area (Å²) in [5.41, 5.74) is 0. The molecule has 76 valence electrons. The molecule has 0 rings (SSSR count). The van der Waals surface area contributed by atoms with Crippen LogP contribution in [0.4, 0.5) is 0 Å².